The second-order valence-electron chi connectivity index (χ2n) is 5.85. The Hall–Kier alpha value is -0.510. The maximum atomic E-state index is 12.8. The first kappa shape index (κ1) is 14.4. The van der Waals surface area contributed by atoms with Crippen molar-refractivity contribution in [3.8, 4) is 0 Å². The minimum absolute atomic E-state index is 0.0381. The summed E-state index contributed by atoms with van der Waals surface area (Å²) in [6, 6.07) is 5.54. The summed E-state index contributed by atoms with van der Waals surface area (Å²) >= 11 is 7.91. The molecule has 1 aromatic carbocycles. The average molecular weight is 311 g/mol. The lowest BCUT2D eigenvalue weighted by Crippen LogP contribution is -2.42. The standard InChI is InChI=1S/C16H19ClO2S/c1-11-8-13(17)2-3-14(11)15(18)12-4-6-19-16(9-12)5-7-20-10-16/h2-3,8,12H,4-7,9-10H2,1H3. The molecule has 4 heteroatoms. The summed E-state index contributed by atoms with van der Waals surface area (Å²) in [6.45, 7) is 2.67. The largest absolute Gasteiger partial charge is 0.374 e. The molecule has 2 aliphatic rings. The summed E-state index contributed by atoms with van der Waals surface area (Å²) in [5.74, 6) is 2.55. The fourth-order valence-corrected chi connectivity index (χ4v) is 4.84. The highest BCUT2D eigenvalue weighted by molar-refractivity contribution is 7.99. The lowest BCUT2D eigenvalue weighted by molar-refractivity contribution is -0.0734. The predicted molar refractivity (Wildman–Crippen MR) is 83.9 cm³/mol. The highest BCUT2D eigenvalue weighted by atomic mass is 35.5. The van der Waals surface area contributed by atoms with E-state index in [9.17, 15) is 4.79 Å². The predicted octanol–water partition coefficient (Wildman–Crippen LogP) is 4.13. The molecular formula is C16H19ClO2S. The molecule has 0 bridgehead atoms. The number of ether oxygens (including phenoxy) is 1. The van der Waals surface area contributed by atoms with Crippen molar-refractivity contribution in [3.63, 3.8) is 0 Å². The van der Waals surface area contributed by atoms with E-state index in [1.165, 1.54) is 0 Å². The van der Waals surface area contributed by atoms with Crippen molar-refractivity contribution in [1.29, 1.82) is 0 Å². The number of ketones is 1. The van der Waals surface area contributed by atoms with Crippen LogP contribution in [0.15, 0.2) is 18.2 Å². The molecule has 2 nitrogen and oxygen atoms in total. The molecule has 108 valence electrons. The first-order chi connectivity index (χ1) is 9.60. The van der Waals surface area contributed by atoms with Crippen molar-refractivity contribution >= 4 is 29.1 Å². The molecular weight excluding hydrogens is 292 g/mol. The number of halogens is 1. The van der Waals surface area contributed by atoms with Gasteiger partial charge in [0.15, 0.2) is 5.78 Å². The summed E-state index contributed by atoms with van der Waals surface area (Å²) < 4.78 is 6.00. The molecule has 2 fully saturated rings. The normalized spacial score (nSPS) is 29.8. The van der Waals surface area contributed by atoms with Gasteiger partial charge in [0.2, 0.25) is 0 Å². The van der Waals surface area contributed by atoms with Gasteiger partial charge in [0.05, 0.1) is 5.60 Å². The Morgan fingerprint density at radius 1 is 1.50 bits per heavy atom. The number of Topliss-reactive ketones (excluding diaryl/α,β-unsaturated/α-hetero) is 1. The van der Waals surface area contributed by atoms with Crippen LogP contribution in [0.4, 0.5) is 0 Å². The van der Waals surface area contributed by atoms with E-state index in [0.717, 1.165) is 41.9 Å². The molecule has 0 N–H and O–H groups in total. The van der Waals surface area contributed by atoms with Gasteiger partial charge in [0, 0.05) is 28.9 Å². The molecule has 20 heavy (non-hydrogen) atoms. The van der Waals surface area contributed by atoms with E-state index in [1.807, 2.05) is 36.9 Å². The SMILES string of the molecule is Cc1cc(Cl)ccc1C(=O)C1CCOC2(CCSC2)C1. The zero-order valence-corrected chi connectivity index (χ0v) is 13.2. The van der Waals surface area contributed by atoms with E-state index in [1.54, 1.807) is 0 Å². The van der Waals surface area contributed by atoms with Gasteiger partial charge in [-0.2, -0.15) is 11.8 Å². The van der Waals surface area contributed by atoms with Gasteiger partial charge >= 0.3 is 0 Å². The third kappa shape index (κ3) is 2.76. The van der Waals surface area contributed by atoms with E-state index in [-0.39, 0.29) is 17.3 Å². The van der Waals surface area contributed by atoms with Crippen LogP contribution in [-0.4, -0.2) is 29.5 Å². The molecule has 2 unspecified atom stereocenters. The summed E-state index contributed by atoms with van der Waals surface area (Å²) in [5, 5.41) is 0.690. The van der Waals surface area contributed by atoms with Crippen molar-refractivity contribution in [2.45, 2.75) is 31.8 Å². The second-order valence-corrected chi connectivity index (χ2v) is 7.39. The van der Waals surface area contributed by atoms with Crippen LogP contribution in [0.5, 0.6) is 0 Å². The van der Waals surface area contributed by atoms with Crippen LogP contribution in [0.3, 0.4) is 0 Å². The Morgan fingerprint density at radius 2 is 2.35 bits per heavy atom. The zero-order chi connectivity index (χ0) is 14.2. The molecule has 1 spiro atoms. The topological polar surface area (TPSA) is 26.3 Å². The summed E-state index contributed by atoms with van der Waals surface area (Å²) in [7, 11) is 0. The van der Waals surface area contributed by atoms with Crippen LogP contribution in [0.2, 0.25) is 5.02 Å². The third-order valence-electron chi connectivity index (χ3n) is 4.38. The molecule has 0 aromatic heterocycles. The maximum absolute atomic E-state index is 12.8. The van der Waals surface area contributed by atoms with E-state index in [2.05, 4.69) is 0 Å². The van der Waals surface area contributed by atoms with E-state index in [0.29, 0.717) is 11.6 Å². The maximum Gasteiger partial charge on any atom is 0.166 e. The molecule has 1 aromatic rings. The van der Waals surface area contributed by atoms with Gasteiger partial charge in [0.1, 0.15) is 0 Å². The van der Waals surface area contributed by atoms with Gasteiger partial charge in [-0.15, -0.1) is 0 Å². The Morgan fingerprint density at radius 3 is 3.05 bits per heavy atom. The number of aryl methyl sites for hydroxylation is 1. The van der Waals surface area contributed by atoms with E-state index < -0.39 is 0 Å². The highest BCUT2D eigenvalue weighted by Gasteiger charge is 2.42. The second kappa shape index (κ2) is 5.70. The average Bonchev–Trinajstić information content (AvgIpc) is 2.86. The molecule has 2 saturated heterocycles. The van der Waals surface area contributed by atoms with Crippen LogP contribution >= 0.6 is 23.4 Å². The first-order valence-corrected chi connectivity index (χ1v) is 8.65. The lowest BCUT2D eigenvalue weighted by Gasteiger charge is -2.37. The Kier molecular flexibility index (Phi) is 4.11. The van der Waals surface area contributed by atoms with Crippen LogP contribution < -0.4 is 0 Å². The smallest absolute Gasteiger partial charge is 0.166 e. The van der Waals surface area contributed by atoms with Crippen molar-refractivity contribution in [3.05, 3.63) is 34.3 Å². The Bertz CT molecular complexity index is 523. The van der Waals surface area contributed by atoms with Gasteiger partial charge in [-0.05, 0) is 55.7 Å². The van der Waals surface area contributed by atoms with Crippen molar-refractivity contribution in [1.82, 2.24) is 0 Å². The number of benzene rings is 1. The molecule has 0 radical (unpaired) electrons. The Balaban J connectivity index is 1.79. The monoisotopic (exact) mass is 310 g/mol. The van der Waals surface area contributed by atoms with Crippen molar-refractivity contribution < 1.29 is 9.53 Å². The van der Waals surface area contributed by atoms with Crippen LogP contribution in [-0.2, 0) is 4.74 Å². The summed E-state index contributed by atoms with van der Waals surface area (Å²) in [4.78, 5) is 12.8. The van der Waals surface area contributed by atoms with Crippen LogP contribution in [0.25, 0.3) is 0 Å². The quantitative estimate of drug-likeness (QED) is 0.768. The van der Waals surface area contributed by atoms with Gasteiger partial charge in [-0.3, -0.25) is 4.79 Å². The van der Waals surface area contributed by atoms with Crippen LogP contribution in [0.1, 0.15) is 35.2 Å². The first-order valence-electron chi connectivity index (χ1n) is 7.12. The number of carbonyl (C=O) groups is 1. The number of rotatable bonds is 2. The van der Waals surface area contributed by atoms with E-state index >= 15 is 0 Å². The zero-order valence-electron chi connectivity index (χ0n) is 11.7. The van der Waals surface area contributed by atoms with Gasteiger partial charge < -0.3 is 4.74 Å². The molecule has 0 amide bonds. The molecule has 2 atom stereocenters. The lowest BCUT2D eigenvalue weighted by atomic mass is 9.80. The number of carbonyl (C=O) groups excluding carboxylic acids is 1. The van der Waals surface area contributed by atoms with Gasteiger partial charge in [-0.1, -0.05) is 11.6 Å². The minimum Gasteiger partial charge on any atom is -0.374 e. The summed E-state index contributed by atoms with van der Waals surface area (Å²) in [5.41, 5.74) is 1.76. The molecule has 0 saturated carbocycles. The molecule has 2 heterocycles. The minimum atomic E-state index is -0.0381. The third-order valence-corrected chi connectivity index (χ3v) is 5.84. The Labute approximate surface area is 129 Å². The molecule has 0 aliphatic carbocycles. The molecule has 3 rings (SSSR count). The van der Waals surface area contributed by atoms with Crippen molar-refractivity contribution in [2.75, 3.05) is 18.1 Å². The van der Waals surface area contributed by atoms with Gasteiger partial charge in [0.25, 0.3) is 0 Å². The fourth-order valence-electron chi connectivity index (χ4n) is 3.24. The van der Waals surface area contributed by atoms with Crippen LogP contribution in [0, 0.1) is 12.8 Å². The highest BCUT2D eigenvalue weighted by Crippen LogP contribution is 2.41. The van der Waals surface area contributed by atoms with Gasteiger partial charge in [-0.25, -0.2) is 0 Å². The fraction of sp³-hybridized carbons (Fsp3) is 0.562. The summed E-state index contributed by atoms with van der Waals surface area (Å²) in [6.07, 6.45) is 2.80. The number of hydrogen-bond donors (Lipinski definition) is 0. The van der Waals surface area contributed by atoms with E-state index in [4.69, 9.17) is 16.3 Å². The van der Waals surface area contributed by atoms with Crippen molar-refractivity contribution in [2.24, 2.45) is 5.92 Å². The number of thioether (sulfide) groups is 1. The molecule has 2 aliphatic heterocycles. The number of hydrogen-bond acceptors (Lipinski definition) is 3.